The molecule has 2 aromatic heterocycles. The number of hydrogen-bond acceptors (Lipinski definition) is 2. The van der Waals surface area contributed by atoms with Gasteiger partial charge in [0.1, 0.15) is 0 Å². The monoisotopic (exact) mass is 369 g/mol. The van der Waals surface area contributed by atoms with Crippen molar-refractivity contribution in [3.63, 3.8) is 0 Å². The second kappa shape index (κ2) is 6.50. The van der Waals surface area contributed by atoms with Gasteiger partial charge in [-0.05, 0) is 41.9 Å². The van der Waals surface area contributed by atoms with E-state index in [-0.39, 0.29) is 5.56 Å². The summed E-state index contributed by atoms with van der Waals surface area (Å²) < 4.78 is 4.02. The van der Waals surface area contributed by atoms with E-state index in [1.807, 2.05) is 42.6 Å². The van der Waals surface area contributed by atoms with E-state index in [0.717, 1.165) is 36.3 Å². The molecule has 0 atom stereocenters. The van der Waals surface area contributed by atoms with Crippen molar-refractivity contribution in [2.75, 3.05) is 13.6 Å². The fourth-order valence-electron chi connectivity index (χ4n) is 4.35. The Hall–Kier alpha value is -3.11. The van der Waals surface area contributed by atoms with Gasteiger partial charge in [0.2, 0.25) is 0 Å². The third-order valence-corrected chi connectivity index (χ3v) is 5.88. The predicted octanol–water partition coefficient (Wildman–Crippen LogP) is 3.98. The molecule has 3 heterocycles. The van der Waals surface area contributed by atoms with E-state index in [4.69, 9.17) is 0 Å². The zero-order valence-electron chi connectivity index (χ0n) is 16.2. The molecule has 0 saturated heterocycles. The molecule has 4 heteroatoms. The molecule has 0 bridgehead atoms. The average molecular weight is 369 g/mol. The normalized spacial score (nSPS) is 14.4. The quantitative estimate of drug-likeness (QED) is 0.535. The lowest BCUT2D eigenvalue weighted by molar-refractivity contribution is 0.310. The standard InChI is InChI=1S/C24H23N3O/c1-25-12-11-22-21(16-25)20-9-8-19(15-23(20)26(22)2)27-13-10-18(14-24(27)28)17-6-4-3-5-7-17/h3-10,13-15H,11-12,16H2,1-2H3. The number of nitrogens with zero attached hydrogens (tertiary/aromatic N) is 3. The first-order valence-electron chi connectivity index (χ1n) is 9.69. The number of fused-ring (bicyclic) bond motifs is 3. The van der Waals surface area contributed by atoms with E-state index in [2.05, 4.69) is 41.8 Å². The van der Waals surface area contributed by atoms with Gasteiger partial charge in [0, 0.05) is 49.9 Å². The van der Waals surface area contributed by atoms with Crippen molar-refractivity contribution in [1.82, 2.24) is 14.0 Å². The van der Waals surface area contributed by atoms with Gasteiger partial charge in [-0.3, -0.25) is 9.36 Å². The number of likely N-dealkylation sites (N-methyl/N-ethyl adjacent to an activating group) is 1. The molecule has 0 fully saturated rings. The van der Waals surface area contributed by atoms with Crippen LogP contribution in [0.15, 0.2) is 71.7 Å². The highest BCUT2D eigenvalue weighted by Crippen LogP contribution is 2.31. The van der Waals surface area contributed by atoms with Crippen molar-refractivity contribution in [2.24, 2.45) is 7.05 Å². The first kappa shape index (κ1) is 17.0. The molecule has 0 radical (unpaired) electrons. The molecule has 0 N–H and O–H groups in total. The van der Waals surface area contributed by atoms with Crippen LogP contribution in [-0.2, 0) is 20.0 Å². The summed E-state index contributed by atoms with van der Waals surface area (Å²) in [5.41, 5.74) is 6.92. The fourth-order valence-corrected chi connectivity index (χ4v) is 4.35. The summed E-state index contributed by atoms with van der Waals surface area (Å²) in [5.74, 6) is 0. The first-order chi connectivity index (χ1) is 13.6. The SMILES string of the molecule is CN1CCc2c(c3ccc(-n4ccc(-c5ccccc5)cc4=O)cc3n2C)C1. The Kier molecular flexibility index (Phi) is 3.95. The average Bonchev–Trinajstić information content (AvgIpc) is 2.99. The van der Waals surface area contributed by atoms with Crippen LogP contribution in [0.1, 0.15) is 11.3 Å². The molecular weight excluding hydrogens is 346 g/mol. The molecule has 1 aliphatic heterocycles. The molecule has 0 aliphatic carbocycles. The van der Waals surface area contributed by atoms with E-state index in [0.29, 0.717) is 0 Å². The molecule has 5 rings (SSSR count). The van der Waals surface area contributed by atoms with Crippen molar-refractivity contribution in [1.29, 1.82) is 0 Å². The molecule has 1 aliphatic rings. The molecule has 0 unspecified atom stereocenters. The summed E-state index contributed by atoms with van der Waals surface area (Å²) >= 11 is 0. The number of hydrogen-bond donors (Lipinski definition) is 0. The van der Waals surface area contributed by atoms with Gasteiger partial charge in [0.25, 0.3) is 5.56 Å². The molecule has 28 heavy (non-hydrogen) atoms. The van der Waals surface area contributed by atoms with E-state index in [9.17, 15) is 4.79 Å². The van der Waals surface area contributed by atoms with Crippen LogP contribution in [0, 0.1) is 0 Å². The van der Waals surface area contributed by atoms with E-state index >= 15 is 0 Å². The minimum atomic E-state index is -0.0144. The molecule has 140 valence electrons. The lowest BCUT2D eigenvalue weighted by Crippen LogP contribution is -2.26. The van der Waals surface area contributed by atoms with E-state index in [1.165, 1.54) is 22.2 Å². The third-order valence-electron chi connectivity index (χ3n) is 5.88. The number of aromatic nitrogens is 2. The maximum absolute atomic E-state index is 12.8. The summed E-state index contributed by atoms with van der Waals surface area (Å²) in [7, 11) is 4.31. The number of benzene rings is 2. The first-order valence-corrected chi connectivity index (χ1v) is 9.69. The Labute approximate surface area is 164 Å². The Morgan fingerprint density at radius 1 is 0.893 bits per heavy atom. The van der Waals surface area contributed by atoms with Crippen molar-refractivity contribution in [3.8, 4) is 16.8 Å². The maximum atomic E-state index is 12.8. The molecule has 2 aromatic carbocycles. The lowest BCUT2D eigenvalue weighted by atomic mass is 10.0. The lowest BCUT2D eigenvalue weighted by Gasteiger charge is -2.23. The van der Waals surface area contributed by atoms with Gasteiger partial charge in [-0.2, -0.15) is 0 Å². The van der Waals surface area contributed by atoms with Crippen LogP contribution in [0.4, 0.5) is 0 Å². The zero-order chi connectivity index (χ0) is 19.3. The van der Waals surface area contributed by atoms with Gasteiger partial charge in [0.15, 0.2) is 0 Å². The van der Waals surface area contributed by atoms with Gasteiger partial charge >= 0.3 is 0 Å². The van der Waals surface area contributed by atoms with E-state index in [1.54, 1.807) is 10.6 Å². The summed E-state index contributed by atoms with van der Waals surface area (Å²) in [5, 5.41) is 1.29. The summed E-state index contributed by atoms with van der Waals surface area (Å²) in [6, 6.07) is 20.1. The Morgan fingerprint density at radius 2 is 1.71 bits per heavy atom. The van der Waals surface area contributed by atoms with E-state index < -0.39 is 0 Å². The predicted molar refractivity (Wildman–Crippen MR) is 114 cm³/mol. The van der Waals surface area contributed by atoms with Gasteiger partial charge in [-0.1, -0.05) is 36.4 Å². The topological polar surface area (TPSA) is 30.2 Å². The zero-order valence-corrected chi connectivity index (χ0v) is 16.2. The highest BCUT2D eigenvalue weighted by Gasteiger charge is 2.21. The second-order valence-electron chi connectivity index (χ2n) is 7.66. The van der Waals surface area contributed by atoms with Gasteiger partial charge in [-0.15, -0.1) is 0 Å². The van der Waals surface area contributed by atoms with Crippen LogP contribution in [0.5, 0.6) is 0 Å². The smallest absolute Gasteiger partial charge is 0.255 e. The Morgan fingerprint density at radius 3 is 2.50 bits per heavy atom. The van der Waals surface area contributed by atoms with Gasteiger partial charge in [-0.25, -0.2) is 0 Å². The minimum absolute atomic E-state index is 0.0144. The van der Waals surface area contributed by atoms with Crippen molar-refractivity contribution >= 4 is 10.9 Å². The van der Waals surface area contributed by atoms with Crippen LogP contribution in [-0.4, -0.2) is 27.6 Å². The third kappa shape index (κ3) is 2.69. The Bertz CT molecular complexity index is 1230. The van der Waals surface area contributed by atoms with Gasteiger partial charge in [0.05, 0.1) is 11.2 Å². The number of aryl methyl sites for hydroxylation is 1. The summed E-state index contributed by atoms with van der Waals surface area (Å²) in [6.45, 7) is 2.07. The largest absolute Gasteiger partial charge is 0.347 e. The molecule has 0 saturated carbocycles. The minimum Gasteiger partial charge on any atom is -0.347 e. The maximum Gasteiger partial charge on any atom is 0.255 e. The summed E-state index contributed by atoms with van der Waals surface area (Å²) in [6.07, 6.45) is 2.94. The molecule has 4 aromatic rings. The molecule has 0 amide bonds. The Balaban J connectivity index is 1.60. The van der Waals surface area contributed by atoms with Crippen LogP contribution < -0.4 is 5.56 Å². The fraction of sp³-hybridized carbons (Fsp3) is 0.208. The van der Waals surface area contributed by atoms with Crippen molar-refractivity contribution in [2.45, 2.75) is 13.0 Å². The molecular formula is C24H23N3O. The van der Waals surface area contributed by atoms with Crippen LogP contribution >= 0.6 is 0 Å². The molecule has 4 nitrogen and oxygen atoms in total. The second-order valence-corrected chi connectivity index (χ2v) is 7.66. The van der Waals surface area contributed by atoms with Crippen LogP contribution in [0.25, 0.3) is 27.7 Å². The van der Waals surface area contributed by atoms with Gasteiger partial charge < -0.3 is 9.47 Å². The van der Waals surface area contributed by atoms with Crippen LogP contribution in [0.2, 0.25) is 0 Å². The van der Waals surface area contributed by atoms with Crippen LogP contribution in [0.3, 0.4) is 0 Å². The summed E-state index contributed by atoms with van der Waals surface area (Å²) in [4.78, 5) is 15.2. The molecule has 0 spiro atoms. The highest BCUT2D eigenvalue weighted by atomic mass is 16.1. The van der Waals surface area contributed by atoms with Crippen molar-refractivity contribution < 1.29 is 0 Å². The highest BCUT2D eigenvalue weighted by molar-refractivity contribution is 5.87. The number of rotatable bonds is 2. The number of pyridine rings is 1. The van der Waals surface area contributed by atoms with Crippen molar-refractivity contribution in [3.05, 3.63) is 88.5 Å².